The first-order valence-electron chi connectivity index (χ1n) is 13.9. The fraction of sp³-hybridized carbons (Fsp3) is 0.500. The highest BCUT2D eigenvalue weighted by molar-refractivity contribution is 5.95. The van der Waals surface area contributed by atoms with E-state index in [1.807, 2.05) is 44.2 Å². The Bertz CT molecular complexity index is 1240. The molecule has 0 aromatic heterocycles. The van der Waals surface area contributed by atoms with E-state index in [-0.39, 0.29) is 18.8 Å². The molecule has 6 nitrogen and oxygen atoms in total. The number of hydrogen-bond acceptors (Lipinski definition) is 5. The zero-order valence-corrected chi connectivity index (χ0v) is 23.6. The second-order valence-electron chi connectivity index (χ2n) is 10.9. The summed E-state index contributed by atoms with van der Waals surface area (Å²) >= 11 is 0. The van der Waals surface area contributed by atoms with Crippen LogP contribution >= 0.6 is 0 Å². The van der Waals surface area contributed by atoms with Crippen LogP contribution in [0, 0.1) is 13.8 Å². The zero-order valence-electron chi connectivity index (χ0n) is 23.6. The van der Waals surface area contributed by atoms with Crippen molar-refractivity contribution in [2.75, 3.05) is 52.5 Å². The molecule has 2 N–H and O–H groups in total. The molecule has 230 valence electrons. The predicted molar refractivity (Wildman–Crippen MR) is 147 cm³/mol. The zero-order chi connectivity index (χ0) is 30.7. The maximum Gasteiger partial charge on any atom is 0.416 e. The van der Waals surface area contributed by atoms with Gasteiger partial charge in [-0.05, 0) is 55.2 Å². The minimum absolute atomic E-state index is 0.0369. The molecule has 0 radical (unpaired) electrons. The number of ether oxygens (including phenoxy) is 1. The van der Waals surface area contributed by atoms with Gasteiger partial charge in [-0.2, -0.15) is 26.3 Å². The SMILES string of the molecule is Cc1ccc(C[C@@H]2CN(C/C=C/C(N)N3CCOCC3)CCN2C(=O)c2cc(C(F)(F)F)cc(C(F)(F)F)c2)cc1C. The van der Waals surface area contributed by atoms with Gasteiger partial charge in [-0.3, -0.25) is 14.6 Å². The van der Waals surface area contributed by atoms with Gasteiger partial charge in [-0.15, -0.1) is 0 Å². The fourth-order valence-corrected chi connectivity index (χ4v) is 5.32. The topological polar surface area (TPSA) is 62.0 Å². The van der Waals surface area contributed by atoms with Gasteiger partial charge in [0.2, 0.25) is 0 Å². The van der Waals surface area contributed by atoms with E-state index in [1.165, 1.54) is 4.90 Å². The quantitative estimate of drug-likeness (QED) is 0.364. The van der Waals surface area contributed by atoms with Crippen molar-refractivity contribution >= 4 is 5.91 Å². The summed E-state index contributed by atoms with van der Waals surface area (Å²) in [5.74, 6) is -0.857. The van der Waals surface area contributed by atoms with Crippen LogP contribution in [0.2, 0.25) is 0 Å². The number of carbonyl (C=O) groups is 1. The first kappa shape index (κ1) is 32.0. The highest BCUT2D eigenvalue weighted by Crippen LogP contribution is 2.37. The number of amides is 1. The first-order valence-corrected chi connectivity index (χ1v) is 13.9. The van der Waals surface area contributed by atoms with Crippen molar-refractivity contribution < 1.29 is 35.9 Å². The van der Waals surface area contributed by atoms with Gasteiger partial charge < -0.3 is 15.4 Å². The third-order valence-electron chi connectivity index (χ3n) is 7.87. The van der Waals surface area contributed by atoms with Crippen LogP contribution < -0.4 is 5.73 Å². The van der Waals surface area contributed by atoms with Gasteiger partial charge in [-0.25, -0.2) is 0 Å². The minimum atomic E-state index is -5.04. The molecule has 0 spiro atoms. The lowest BCUT2D eigenvalue weighted by Crippen LogP contribution is -2.56. The van der Waals surface area contributed by atoms with Gasteiger partial charge in [0, 0.05) is 50.9 Å². The number of morpholine rings is 1. The molecule has 2 saturated heterocycles. The van der Waals surface area contributed by atoms with Crippen LogP contribution in [0.25, 0.3) is 0 Å². The second-order valence-corrected chi connectivity index (χ2v) is 10.9. The lowest BCUT2D eigenvalue weighted by molar-refractivity contribution is -0.143. The van der Waals surface area contributed by atoms with Crippen LogP contribution in [0.15, 0.2) is 48.6 Å². The van der Waals surface area contributed by atoms with Gasteiger partial charge >= 0.3 is 12.4 Å². The Morgan fingerprint density at radius 2 is 1.60 bits per heavy atom. The average molecular weight is 599 g/mol. The molecule has 2 aromatic rings. The van der Waals surface area contributed by atoms with E-state index in [9.17, 15) is 31.1 Å². The Hall–Kier alpha value is -2.93. The standard InChI is InChI=1S/C30H36F6N4O2/c1-20-5-6-22(14-21(20)2)15-26-19-38(7-3-4-27(37)39-10-12-42-13-11-39)8-9-40(26)28(41)23-16-24(29(31,32)33)18-25(17-23)30(34,35)36/h3-6,14,16-18,26-27H,7-13,15,19,37H2,1-2H3/b4-3+/t26-,27?/m1/s1. The summed E-state index contributed by atoms with van der Waals surface area (Å²) in [6, 6.07) is 6.45. The number of rotatable bonds is 7. The maximum atomic E-state index is 13.6. The van der Waals surface area contributed by atoms with Crippen LogP contribution in [0.5, 0.6) is 0 Å². The summed E-state index contributed by atoms with van der Waals surface area (Å²) in [6.45, 7) is 8.10. The number of hydrogen-bond donors (Lipinski definition) is 1. The van der Waals surface area contributed by atoms with E-state index in [0.29, 0.717) is 51.4 Å². The van der Waals surface area contributed by atoms with Gasteiger partial charge in [-0.1, -0.05) is 30.4 Å². The van der Waals surface area contributed by atoms with Crippen molar-refractivity contribution in [3.63, 3.8) is 0 Å². The summed E-state index contributed by atoms with van der Waals surface area (Å²) in [6.07, 6.45) is -6.10. The smallest absolute Gasteiger partial charge is 0.379 e. The third-order valence-corrected chi connectivity index (χ3v) is 7.87. The molecule has 4 rings (SSSR count). The highest BCUT2D eigenvalue weighted by Gasteiger charge is 2.39. The summed E-state index contributed by atoms with van der Waals surface area (Å²) in [4.78, 5) is 19.2. The molecule has 2 fully saturated rings. The molecule has 2 heterocycles. The summed E-state index contributed by atoms with van der Waals surface area (Å²) < 4.78 is 86.3. The van der Waals surface area contributed by atoms with E-state index < -0.39 is 41.0 Å². The van der Waals surface area contributed by atoms with Crippen molar-refractivity contribution in [1.29, 1.82) is 0 Å². The lowest BCUT2D eigenvalue weighted by Gasteiger charge is -2.41. The summed E-state index contributed by atoms with van der Waals surface area (Å²) in [7, 11) is 0. The van der Waals surface area contributed by atoms with Crippen molar-refractivity contribution in [2.45, 2.75) is 44.8 Å². The number of aryl methyl sites for hydroxylation is 2. The first-order chi connectivity index (χ1) is 19.7. The molecule has 2 atom stereocenters. The minimum Gasteiger partial charge on any atom is -0.379 e. The number of nitrogens with two attached hydrogens (primary N) is 1. The van der Waals surface area contributed by atoms with Crippen molar-refractivity contribution in [2.24, 2.45) is 5.73 Å². The van der Waals surface area contributed by atoms with Gasteiger partial charge in [0.05, 0.1) is 30.5 Å². The van der Waals surface area contributed by atoms with E-state index in [4.69, 9.17) is 10.5 Å². The van der Waals surface area contributed by atoms with Crippen LogP contribution in [-0.2, 0) is 23.5 Å². The molecule has 2 aliphatic rings. The van der Waals surface area contributed by atoms with Crippen molar-refractivity contribution in [3.05, 3.63) is 81.9 Å². The Labute approximate surface area is 241 Å². The molecule has 0 saturated carbocycles. The largest absolute Gasteiger partial charge is 0.416 e. The summed E-state index contributed by atoms with van der Waals surface area (Å²) in [5, 5.41) is 0. The Morgan fingerprint density at radius 3 is 2.19 bits per heavy atom. The van der Waals surface area contributed by atoms with E-state index in [0.717, 1.165) is 29.8 Å². The number of piperazine rings is 1. The van der Waals surface area contributed by atoms with Gasteiger partial charge in [0.1, 0.15) is 0 Å². The van der Waals surface area contributed by atoms with E-state index in [2.05, 4.69) is 9.80 Å². The number of benzene rings is 2. The second kappa shape index (κ2) is 13.2. The Morgan fingerprint density at radius 1 is 0.952 bits per heavy atom. The number of alkyl halides is 6. The Kier molecular flexibility index (Phi) is 10.0. The van der Waals surface area contributed by atoms with Crippen LogP contribution in [0.3, 0.4) is 0 Å². The van der Waals surface area contributed by atoms with Crippen molar-refractivity contribution in [3.8, 4) is 0 Å². The van der Waals surface area contributed by atoms with E-state index in [1.54, 1.807) is 0 Å². The summed E-state index contributed by atoms with van der Waals surface area (Å²) in [5.41, 5.74) is 5.69. The van der Waals surface area contributed by atoms with E-state index >= 15 is 0 Å². The van der Waals surface area contributed by atoms with Crippen LogP contribution in [-0.4, -0.2) is 85.3 Å². The van der Waals surface area contributed by atoms with Crippen molar-refractivity contribution in [1.82, 2.24) is 14.7 Å². The fourth-order valence-electron chi connectivity index (χ4n) is 5.32. The lowest BCUT2D eigenvalue weighted by atomic mass is 9.97. The third kappa shape index (κ3) is 8.12. The molecule has 42 heavy (non-hydrogen) atoms. The molecule has 12 heteroatoms. The number of carbonyl (C=O) groups excluding carboxylic acids is 1. The molecular formula is C30H36F6N4O2. The molecule has 2 aromatic carbocycles. The Balaban J connectivity index is 1.57. The normalized spacial score (nSPS) is 20.3. The average Bonchev–Trinajstić information content (AvgIpc) is 2.94. The van der Waals surface area contributed by atoms with Gasteiger partial charge in [0.15, 0.2) is 0 Å². The molecule has 1 unspecified atom stereocenters. The van der Waals surface area contributed by atoms with Crippen LogP contribution in [0.1, 0.15) is 38.2 Å². The molecular weight excluding hydrogens is 562 g/mol. The van der Waals surface area contributed by atoms with Crippen LogP contribution in [0.4, 0.5) is 26.3 Å². The predicted octanol–water partition coefficient (Wildman–Crippen LogP) is 4.88. The molecule has 0 aliphatic carbocycles. The highest BCUT2D eigenvalue weighted by atomic mass is 19.4. The maximum absolute atomic E-state index is 13.6. The number of halogens is 6. The molecule has 2 aliphatic heterocycles. The monoisotopic (exact) mass is 598 g/mol. The number of nitrogens with zero attached hydrogens (tertiary/aromatic N) is 3. The molecule has 0 bridgehead atoms. The molecule has 1 amide bonds. The van der Waals surface area contributed by atoms with Gasteiger partial charge in [0.25, 0.3) is 5.91 Å².